The molecule has 0 bridgehead atoms. The average molecular weight is 723 g/mol. The maximum absolute atomic E-state index is 12.5. The van der Waals surface area contributed by atoms with Gasteiger partial charge in [-0.25, -0.2) is 0 Å². The maximum atomic E-state index is 12.5. The standard InChI is InChI=1S/C41H70O10/c1-6-7-8-9-10-11-12-13-14-15-16-20-23-36(47-30-44-4)37-26-27-39(51-37)38-25-24-33(50-38)21-18-17-19-22-34(46-29-43-3)28-35-40(48-31-45-5)32(2)49-41(35)42/h18,21,32-40H,6-16,20,22-31H2,1-5H3/b21-18+/t32-,33-,34+,35?,36+,37+,38+,39+,40?/m0/s1. The van der Waals surface area contributed by atoms with Crippen molar-refractivity contribution in [3.05, 3.63) is 12.2 Å². The Hall–Kier alpha value is -1.55. The number of carbonyl (C=O) groups is 1. The first-order chi connectivity index (χ1) is 25.0. The van der Waals surface area contributed by atoms with Crippen LogP contribution < -0.4 is 0 Å². The first-order valence-electron chi connectivity index (χ1n) is 20.0. The van der Waals surface area contributed by atoms with Crippen molar-refractivity contribution in [1.82, 2.24) is 0 Å². The van der Waals surface area contributed by atoms with Crippen molar-refractivity contribution >= 4 is 5.97 Å². The van der Waals surface area contributed by atoms with Crippen LogP contribution in [0.2, 0.25) is 0 Å². The van der Waals surface area contributed by atoms with Crippen LogP contribution >= 0.6 is 0 Å². The minimum atomic E-state index is -0.452. The van der Waals surface area contributed by atoms with E-state index >= 15 is 0 Å². The summed E-state index contributed by atoms with van der Waals surface area (Å²) >= 11 is 0. The Kier molecular flexibility index (Phi) is 23.3. The van der Waals surface area contributed by atoms with Gasteiger partial charge in [-0.1, -0.05) is 95.8 Å². The molecule has 2 unspecified atom stereocenters. The third kappa shape index (κ3) is 17.0. The Morgan fingerprint density at radius 1 is 0.784 bits per heavy atom. The third-order valence-corrected chi connectivity index (χ3v) is 10.3. The minimum Gasteiger partial charge on any atom is -0.460 e. The highest BCUT2D eigenvalue weighted by atomic mass is 16.7. The van der Waals surface area contributed by atoms with Gasteiger partial charge in [-0.05, 0) is 57.6 Å². The van der Waals surface area contributed by atoms with Crippen LogP contribution in [0.15, 0.2) is 12.2 Å². The molecule has 0 spiro atoms. The highest BCUT2D eigenvalue weighted by Gasteiger charge is 2.44. The summed E-state index contributed by atoms with van der Waals surface area (Å²) < 4.78 is 51.6. The summed E-state index contributed by atoms with van der Waals surface area (Å²) in [6.07, 6.45) is 25.1. The van der Waals surface area contributed by atoms with E-state index in [2.05, 4.69) is 18.8 Å². The average Bonchev–Trinajstić information content (AvgIpc) is 3.87. The highest BCUT2D eigenvalue weighted by molar-refractivity contribution is 5.75. The van der Waals surface area contributed by atoms with Crippen molar-refractivity contribution < 1.29 is 47.4 Å². The van der Waals surface area contributed by atoms with Gasteiger partial charge in [0.05, 0.1) is 42.5 Å². The molecule has 3 saturated heterocycles. The molecule has 9 atom stereocenters. The summed E-state index contributed by atoms with van der Waals surface area (Å²) in [4.78, 5) is 12.5. The van der Waals surface area contributed by atoms with E-state index in [9.17, 15) is 4.79 Å². The van der Waals surface area contributed by atoms with Crippen LogP contribution in [0.3, 0.4) is 0 Å². The lowest BCUT2D eigenvalue weighted by atomic mass is 9.94. The molecule has 3 rings (SSSR count). The monoisotopic (exact) mass is 722 g/mol. The van der Waals surface area contributed by atoms with Crippen LogP contribution in [0.5, 0.6) is 0 Å². The minimum absolute atomic E-state index is 0.0162. The van der Waals surface area contributed by atoms with E-state index in [-0.39, 0.29) is 62.3 Å². The molecule has 3 heterocycles. The molecule has 294 valence electrons. The fourth-order valence-electron chi connectivity index (χ4n) is 7.53. The maximum Gasteiger partial charge on any atom is 0.312 e. The molecule has 0 N–H and O–H groups in total. The van der Waals surface area contributed by atoms with Crippen LogP contribution in [0.1, 0.15) is 136 Å². The van der Waals surface area contributed by atoms with E-state index in [0.29, 0.717) is 19.6 Å². The van der Waals surface area contributed by atoms with Gasteiger partial charge in [0.1, 0.15) is 32.6 Å². The molecule has 3 fully saturated rings. The predicted octanol–water partition coefficient (Wildman–Crippen LogP) is 8.04. The van der Waals surface area contributed by atoms with Crippen LogP contribution in [0, 0.1) is 17.8 Å². The van der Waals surface area contributed by atoms with E-state index in [4.69, 9.17) is 42.6 Å². The Bertz CT molecular complexity index is 995. The quantitative estimate of drug-likeness (QED) is 0.0342. The van der Waals surface area contributed by atoms with Crippen molar-refractivity contribution in [3.8, 4) is 11.8 Å². The number of methoxy groups -OCH3 is 3. The first kappa shape index (κ1) is 43.9. The number of unbranched alkanes of at least 4 members (excludes halogenated alkanes) is 11. The van der Waals surface area contributed by atoms with E-state index in [1.807, 2.05) is 19.1 Å². The van der Waals surface area contributed by atoms with Gasteiger partial charge in [0.15, 0.2) is 0 Å². The van der Waals surface area contributed by atoms with Crippen LogP contribution in [-0.2, 0) is 47.4 Å². The van der Waals surface area contributed by atoms with E-state index in [1.54, 1.807) is 21.3 Å². The number of ether oxygens (including phenoxy) is 9. The fraction of sp³-hybridized carbons (Fsp3) is 0.878. The fourth-order valence-corrected chi connectivity index (χ4v) is 7.53. The van der Waals surface area contributed by atoms with Gasteiger partial charge >= 0.3 is 5.97 Å². The van der Waals surface area contributed by atoms with Crippen LogP contribution in [-0.4, -0.2) is 96.5 Å². The van der Waals surface area contributed by atoms with Gasteiger partial charge in [0, 0.05) is 27.8 Å². The molecule has 0 aromatic heterocycles. The molecule has 0 aromatic rings. The number of cyclic esters (lactones) is 1. The Balaban J connectivity index is 1.36. The number of allylic oxidation sites excluding steroid dienone is 1. The SMILES string of the molecule is CCCCCCCCCCCCCC[C@@H](OCOC)[C@H]1CC[C@H]([C@H]2CC[C@H](/C=C/C#CC[C@H](CC3C(=O)O[C@@H](C)C3OCOC)OCOC)O2)O1. The summed E-state index contributed by atoms with van der Waals surface area (Å²) in [6.45, 7) is 4.62. The summed E-state index contributed by atoms with van der Waals surface area (Å²) in [5.41, 5.74) is 0. The zero-order chi connectivity index (χ0) is 36.5. The second-order valence-corrected chi connectivity index (χ2v) is 14.5. The van der Waals surface area contributed by atoms with Crippen molar-refractivity contribution in [1.29, 1.82) is 0 Å². The van der Waals surface area contributed by atoms with Gasteiger partial charge in [0.2, 0.25) is 0 Å². The lowest BCUT2D eigenvalue weighted by Gasteiger charge is -2.25. The smallest absolute Gasteiger partial charge is 0.312 e. The molecule has 51 heavy (non-hydrogen) atoms. The van der Waals surface area contributed by atoms with Gasteiger partial charge < -0.3 is 42.6 Å². The molecule has 10 heteroatoms. The first-order valence-corrected chi connectivity index (χ1v) is 20.0. The molecule has 0 aliphatic carbocycles. The zero-order valence-corrected chi connectivity index (χ0v) is 32.5. The van der Waals surface area contributed by atoms with Gasteiger partial charge in [-0.15, -0.1) is 0 Å². The van der Waals surface area contributed by atoms with Crippen LogP contribution in [0.25, 0.3) is 0 Å². The normalized spacial score (nSPS) is 27.5. The molecule has 0 aromatic carbocycles. The van der Waals surface area contributed by atoms with E-state index < -0.39 is 12.0 Å². The second-order valence-electron chi connectivity index (χ2n) is 14.5. The molecule has 0 amide bonds. The Labute approximate surface area is 309 Å². The van der Waals surface area contributed by atoms with Crippen molar-refractivity contribution in [2.75, 3.05) is 41.7 Å². The number of rotatable bonds is 28. The summed E-state index contributed by atoms with van der Waals surface area (Å²) in [7, 11) is 4.80. The Morgan fingerprint density at radius 2 is 1.41 bits per heavy atom. The molecular weight excluding hydrogens is 652 g/mol. The van der Waals surface area contributed by atoms with Gasteiger partial charge in [-0.3, -0.25) is 4.79 Å². The number of carbonyl (C=O) groups excluding carboxylic acids is 1. The van der Waals surface area contributed by atoms with Crippen molar-refractivity contribution in [2.45, 2.75) is 185 Å². The lowest BCUT2D eigenvalue weighted by molar-refractivity contribution is -0.145. The number of hydrogen-bond acceptors (Lipinski definition) is 10. The predicted molar refractivity (Wildman–Crippen MR) is 197 cm³/mol. The number of hydrogen-bond donors (Lipinski definition) is 0. The van der Waals surface area contributed by atoms with Gasteiger partial charge in [-0.2, -0.15) is 0 Å². The zero-order valence-electron chi connectivity index (χ0n) is 32.5. The second kappa shape index (κ2) is 27.1. The lowest BCUT2D eigenvalue weighted by Crippen LogP contribution is -2.33. The summed E-state index contributed by atoms with van der Waals surface area (Å²) in [5, 5.41) is 0. The molecule has 3 aliphatic rings. The summed E-state index contributed by atoms with van der Waals surface area (Å²) in [5.74, 6) is 5.57. The molecule has 0 saturated carbocycles. The van der Waals surface area contributed by atoms with Crippen LogP contribution in [0.4, 0.5) is 0 Å². The van der Waals surface area contributed by atoms with Gasteiger partial charge in [0.25, 0.3) is 0 Å². The van der Waals surface area contributed by atoms with Crippen molar-refractivity contribution in [2.24, 2.45) is 5.92 Å². The van der Waals surface area contributed by atoms with E-state index in [0.717, 1.165) is 32.1 Å². The molecule has 0 radical (unpaired) electrons. The number of esters is 1. The summed E-state index contributed by atoms with van der Waals surface area (Å²) in [6, 6.07) is 0. The Morgan fingerprint density at radius 3 is 2.10 bits per heavy atom. The highest BCUT2D eigenvalue weighted by Crippen LogP contribution is 2.34. The van der Waals surface area contributed by atoms with E-state index in [1.165, 1.54) is 77.0 Å². The molecular formula is C41H70O10. The molecule has 3 aliphatic heterocycles. The topological polar surface area (TPSA) is 100 Å². The third-order valence-electron chi connectivity index (χ3n) is 10.3. The molecule has 10 nitrogen and oxygen atoms in total. The van der Waals surface area contributed by atoms with Crippen molar-refractivity contribution in [3.63, 3.8) is 0 Å². The largest absolute Gasteiger partial charge is 0.460 e.